The number of piperidine rings is 1. The second kappa shape index (κ2) is 5.75. The molecule has 0 bridgehead atoms. The average Bonchev–Trinajstić information content (AvgIpc) is 2.42. The molecule has 1 aromatic rings. The third kappa shape index (κ3) is 2.84. The molecule has 7 heteroatoms. The van der Waals surface area contributed by atoms with Gasteiger partial charge in [0.15, 0.2) is 11.6 Å². The first kappa shape index (κ1) is 15.3. The smallest absolute Gasteiger partial charge is 0.243 e. The maximum atomic E-state index is 13.2. The first-order chi connectivity index (χ1) is 9.36. The van der Waals surface area contributed by atoms with Gasteiger partial charge in [-0.05, 0) is 50.4 Å². The van der Waals surface area contributed by atoms with E-state index in [-0.39, 0.29) is 16.9 Å². The van der Waals surface area contributed by atoms with Crippen LogP contribution in [0.1, 0.15) is 19.8 Å². The molecule has 0 aromatic heterocycles. The lowest BCUT2D eigenvalue weighted by Crippen LogP contribution is -2.47. The lowest BCUT2D eigenvalue weighted by atomic mass is 9.96. The van der Waals surface area contributed by atoms with E-state index >= 15 is 0 Å². The summed E-state index contributed by atoms with van der Waals surface area (Å²) >= 11 is 0. The molecule has 2 unspecified atom stereocenters. The van der Waals surface area contributed by atoms with Crippen molar-refractivity contribution in [3.63, 3.8) is 0 Å². The third-order valence-corrected chi connectivity index (χ3v) is 5.73. The van der Waals surface area contributed by atoms with Crippen molar-refractivity contribution in [2.24, 2.45) is 11.7 Å². The van der Waals surface area contributed by atoms with E-state index < -0.39 is 21.7 Å². The van der Waals surface area contributed by atoms with E-state index in [0.717, 1.165) is 24.6 Å². The van der Waals surface area contributed by atoms with E-state index in [0.29, 0.717) is 19.5 Å². The standard InChI is InChI=1S/C13H18F2N2O2S/c1-9-2-3-10(7-16)8-17(9)20(18,19)11-4-5-12(14)13(15)6-11/h4-6,9-10H,2-3,7-8,16H2,1H3. The molecule has 20 heavy (non-hydrogen) atoms. The van der Waals surface area contributed by atoms with Crippen molar-refractivity contribution >= 4 is 10.0 Å². The molecule has 0 saturated carbocycles. The molecule has 112 valence electrons. The van der Waals surface area contributed by atoms with E-state index in [1.807, 2.05) is 6.92 Å². The Morgan fingerprint density at radius 1 is 1.30 bits per heavy atom. The van der Waals surface area contributed by atoms with Gasteiger partial charge in [-0.2, -0.15) is 4.31 Å². The lowest BCUT2D eigenvalue weighted by molar-refractivity contribution is 0.211. The van der Waals surface area contributed by atoms with E-state index in [2.05, 4.69) is 0 Å². The highest BCUT2D eigenvalue weighted by Crippen LogP contribution is 2.28. The molecular weight excluding hydrogens is 286 g/mol. The summed E-state index contributed by atoms with van der Waals surface area (Å²) in [4.78, 5) is -0.221. The Balaban J connectivity index is 2.35. The highest BCUT2D eigenvalue weighted by molar-refractivity contribution is 7.89. The van der Waals surface area contributed by atoms with Crippen molar-refractivity contribution in [1.82, 2.24) is 4.31 Å². The van der Waals surface area contributed by atoms with Crippen LogP contribution in [0.2, 0.25) is 0 Å². The third-order valence-electron chi connectivity index (χ3n) is 3.75. The van der Waals surface area contributed by atoms with Gasteiger partial charge in [0.05, 0.1) is 4.90 Å². The van der Waals surface area contributed by atoms with Crippen LogP contribution in [0.5, 0.6) is 0 Å². The van der Waals surface area contributed by atoms with E-state index in [4.69, 9.17) is 5.73 Å². The fraction of sp³-hybridized carbons (Fsp3) is 0.538. The van der Waals surface area contributed by atoms with Gasteiger partial charge in [0, 0.05) is 12.6 Å². The van der Waals surface area contributed by atoms with Crippen LogP contribution in [0.15, 0.2) is 23.1 Å². The molecular formula is C13H18F2N2O2S. The minimum atomic E-state index is -3.82. The summed E-state index contributed by atoms with van der Waals surface area (Å²) < 4.78 is 52.5. The Bertz CT molecular complexity index is 592. The number of rotatable bonds is 3. The molecule has 0 spiro atoms. The van der Waals surface area contributed by atoms with Crippen molar-refractivity contribution in [3.8, 4) is 0 Å². The Hall–Kier alpha value is -1.05. The molecule has 4 nitrogen and oxygen atoms in total. The Labute approximate surface area is 117 Å². The predicted octanol–water partition coefficient (Wildman–Crippen LogP) is 1.71. The molecule has 2 atom stereocenters. The number of halogens is 2. The topological polar surface area (TPSA) is 63.4 Å². The summed E-state index contributed by atoms with van der Waals surface area (Å²) in [5, 5.41) is 0. The number of hydrogen-bond acceptors (Lipinski definition) is 3. The van der Waals surface area contributed by atoms with E-state index in [1.54, 1.807) is 0 Å². The number of nitrogens with zero attached hydrogens (tertiary/aromatic N) is 1. The SMILES string of the molecule is CC1CCC(CN)CN1S(=O)(=O)c1ccc(F)c(F)c1. The monoisotopic (exact) mass is 304 g/mol. The summed E-state index contributed by atoms with van der Waals surface area (Å²) in [5.41, 5.74) is 5.61. The van der Waals surface area contributed by atoms with Gasteiger partial charge in [0.25, 0.3) is 0 Å². The summed E-state index contributed by atoms with van der Waals surface area (Å²) in [6, 6.07) is 2.48. The van der Waals surface area contributed by atoms with Gasteiger partial charge in [-0.15, -0.1) is 0 Å². The molecule has 1 fully saturated rings. The van der Waals surface area contributed by atoms with Crippen molar-refractivity contribution in [1.29, 1.82) is 0 Å². The van der Waals surface area contributed by atoms with Gasteiger partial charge < -0.3 is 5.73 Å². The number of nitrogens with two attached hydrogens (primary N) is 1. The molecule has 0 amide bonds. The minimum absolute atomic E-state index is 0.103. The number of benzene rings is 1. The molecule has 1 heterocycles. The summed E-state index contributed by atoms with van der Waals surface area (Å²) in [6.45, 7) is 2.54. The zero-order valence-electron chi connectivity index (χ0n) is 11.2. The summed E-state index contributed by atoms with van der Waals surface area (Å²) in [6.07, 6.45) is 1.59. The van der Waals surface area contributed by atoms with Crippen LogP contribution in [-0.2, 0) is 10.0 Å². The second-order valence-corrected chi connectivity index (χ2v) is 7.07. The van der Waals surface area contributed by atoms with Crippen molar-refractivity contribution in [3.05, 3.63) is 29.8 Å². The fourth-order valence-electron chi connectivity index (χ4n) is 2.45. The summed E-state index contributed by atoms with van der Waals surface area (Å²) in [7, 11) is -3.82. The van der Waals surface area contributed by atoms with Gasteiger partial charge in [-0.25, -0.2) is 17.2 Å². The Morgan fingerprint density at radius 2 is 2.00 bits per heavy atom. The Morgan fingerprint density at radius 3 is 2.60 bits per heavy atom. The largest absolute Gasteiger partial charge is 0.330 e. The molecule has 2 rings (SSSR count). The van der Waals surface area contributed by atoms with Crippen LogP contribution in [0.25, 0.3) is 0 Å². The van der Waals surface area contributed by atoms with Gasteiger partial charge in [0.2, 0.25) is 10.0 Å². The average molecular weight is 304 g/mol. The number of sulfonamides is 1. The highest BCUT2D eigenvalue weighted by Gasteiger charge is 2.34. The molecule has 1 aliphatic rings. The first-order valence-corrected chi connectivity index (χ1v) is 7.97. The molecule has 0 radical (unpaired) electrons. The fourth-order valence-corrected chi connectivity index (χ4v) is 4.20. The molecule has 1 aliphatic heterocycles. The predicted molar refractivity (Wildman–Crippen MR) is 71.5 cm³/mol. The first-order valence-electron chi connectivity index (χ1n) is 6.53. The van der Waals surface area contributed by atoms with Gasteiger partial charge in [-0.1, -0.05) is 0 Å². The molecule has 1 aromatic carbocycles. The van der Waals surface area contributed by atoms with Gasteiger partial charge in [-0.3, -0.25) is 0 Å². The van der Waals surface area contributed by atoms with Crippen molar-refractivity contribution in [2.75, 3.05) is 13.1 Å². The zero-order valence-corrected chi connectivity index (χ0v) is 12.0. The quantitative estimate of drug-likeness (QED) is 0.924. The van der Waals surface area contributed by atoms with Crippen molar-refractivity contribution in [2.45, 2.75) is 30.7 Å². The molecule has 0 aliphatic carbocycles. The van der Waals surface area contributed by atoms with Gasteiger partial charge >= 0.3 is 0 Å². The van der Waals surface area contributed by atoms with E-state index in [9.17, 15) is 17.2 Å². The van der Waals surface area contributed by atoms with Crippen LogP contribution in [-0.4, -0.2) is 31.9 Å². The van der Waals surface area contributed by atoms with E-state index in [1.165, 1.54) is 4.31 Å². The van der Waals surface area contributed by atoms with Crippen LogP contribution in [0.4, 0.5) is 8.78 Å². The van der Waals surface area contributed by atoms with Crippen LogP contribution < -0.4 is 5.73 Å². The van der Waals surface area contributed by atoms with Crippen molar-refractivity contribution < 1.29 is 17.2 Å². The van der Waals surface area contributed by atoms with Crippen LogP contribution >= 0.6 is 0 Å². The number of hydrogen-bond donors (Lipinski definition) is 1. The summed E-state index contributed by atoms with van der Waals surface area (Å²) in [5.74, 6) is -2.12. The normalized spacial score (nSPS) is 24.8. The second-order valence-electron chi connectivity index (χ2n) is 5.18. The maximum Gasteiger partial charge on any atom is 0.243 e. The highest BCUT2D eigenvalue weighted by atomic mass is 32.2. The molecule has 1 saturated heterocycles. The lowest BCUT2D eigenvalue weighted by Gasteiger charge is -2.36. The zero-order chi connectivity index (χ0) is 14.9. The maximum absolute atomic E-state index is 13.2. The Kier molecular flexibility index (Phi) is 4.41. The van der Waals surface area contributed by atoms with Crippen LogP contribution in [0, 0.1) is 17.6 Å². The minimum Gasteiger partial charge on any atom is -0.330 e. The van der Waals surface area contributed by atoms with Crippen LogP contribution in [0.3, 0.4) is 0 Å². The van der Waals surface area contributed by atoms with Gasteiger partial charge in [0.1, 0.15) is 0 Å². The molecule has 2 N–H and O–H groups in total.